The summed E-state index contributed by atoms with van der Waals surface area (Å²) in [6.45, 7) is 6.67. The van der Waals surface area contributed by atoms with Gasteiger partial charge in [-0.3, -0.25) is 0 Å². The monoisotopic (exact) mass is 333 g/mol. The molecule has 0 aromatic heterocycles. The Balaban J connectivity index is 2.76. The maximum absolute atomic E-state index is 6.34. The SMILES string of the molecule is CCCNC(COCCC)c1cccc(Br)c1Cl. The summed E-state index contributed by atoms with van der Waals surface area (Å²) in [7, 11) is 0. The fraction of sp³-hybridized carbons (Fsp3) is 0.571. The van der Waals surface area contributed by atoms with Crippen molar-refractivity contribution >= 4 is 27.5 Å². The van der Waals surface area contributed by atoms with Gasteiger partial charge < -0.3 is 10.1 Å². The Labute approximate surface area is 123 Å². The number of halogens is 2. The van der Waals surface area contributed by atoms with Crippen LogP contribution in [0.4, 0.5) is 0 Å². The summed E-state index contributed by atoms with van der Waals surface area (Å²) in [5.74, 6) is 0. The van der Waals surface area contributed by atoms with Crippen molar-refractivity contribution < 1.29 is 4.74 Å². The average Bonchev–Trinajstić information content (AvgIpc) is 2.37. The molecule has 0 amide bonds. The van der Waals surface area contributed by atoms with E-state index in [1.165, 1.54) is 0 Å². The molecule has 0 saturated heterocycles. The third-order valence-corrected chi connectivity index (χ3v) is 3.94. The summed E-state index contributed by atoms with van der Waals surface area (Å²) in [5.41, 5.74) is 1.09. The Morgan fingerprint density at radius 3 is 2.78 bits per heavy atom. The molecule has 0 spiro atoms. The van der Waals surface area contributed by atoms with Gasteiger partial charge in [0, 0.05) is 11.1 Å². The Kier molecular flexibility index (Phi) is 7.91. The molecule has 0 radical (unpaired) electrons. The standard InChI is InChI=1S/C14H21BrClNO/c1-3-8-17-13(10-18-9-4-2)11-6-5-7-12(15)14(11)16/h5-7,13,17H,3-4,8-10H2,1-2H3. The summed E-state index contributed by atoms with van der Waals surface area (Å²) in [6.07, 6.45) is 2.13. The van der Waals surface area contributed by atoms with Crippen molar-refractivity contribution in [3.05, 3.63) is 33.3 Å². The van der Waals surface area contributed by atoms with Crippen molar-refractivity contribution in [1.82, 2.24) is 5.32 Å². The first-order chi connectivity index (χ1) is 8.70. The van der Waals surface area contributed by atoms with E-state index in [1.54, 1.807) is 0 Å². The van der Waals surface area contributed by atoms with Gasteiger partial charge in [0.15, 0.2) is 0 Å². The van der Waals surface area contributed by atoms with Crippen molar-refractivity contribution in [3.63, 3.8) is 0 Å². The van der Waals surface area contributed by atoms with Gasteiger partial charge in [0.1, 0.15) is 0 Å². The Hall–Kier alpha value is -0.0900. The summed E-state index contributed by atoms with van der Waals surface area (Å²) in [4.78, 5) is 0. The van der Waals surface area contributed by atoms with Gasteiger partial charge in [-0.1, -0.05) is 37.6 Å². The number of benzene rings is 1. The van der Waals surface area contributed by atoms with Crippen molar-refractivity contribution in [1.29, 1.82) is 0 Å². The normalized spacial score (nSPS) is 12.7. The molecule has 2 nitrogen and oxygen atoms in total. The molecule has 1 atom stereocenters. The molecule has 0 aliphatic rings. The lowest BCUT2D eigenvalue weighted by molar-refractivity contribution is 0.112. The largest absolute Gasteiger partial charge is 0.379 e. The Morgan fingerprint density at radius 1 is 1.33 bits per heavy atom. The smallest absolute Gasteiger partial charge is 0.0662 e. The quantitative estimate of drug-likeness (QED) is 0.703. The van der Waals surface area contributed by atoms with Crippen LogP contribution in [0, 0.1) is 0 Å². The van der Waals surface area contributed by atoms with E-state index in [-0.39, 0.29) is 6.04 Å². The van der Waals surface area contributed by atoms with Crippen LogP contribution in [0.5, 0.6) is 0 Å². The van der Waals surface area contributed by atoms with Gasteiger partial charge in [-0.15, -0.1) is 0 Å². The molecule has 102 valence electrons. The van der Waals surface area contributed by atoms with Gasteiger partial charge in [0.2, 0.25) is 0 Å². The summed E-state index contributed by atoms with van der Waals surface area (Å²) in [5, 5.41) is 4.25. The Bertz CT molecular complexity index is 360. The van der Waals surface area contributed by atoms with E-state index < -0.39 is 0 Å². The van der Waals surface area contributed by atoms with Crippen LogP contribution in [0.15, 0.2) is 22.7 Å². The van der Waals surface area contributed by atoms with Crippen LogP contribution in [0.3, 0.4) is 0 Å². The molecule has 0 aliphatic carbocycles. The van der Waals surface area contributed by atoms with E-state index in [0.717, 1.165) is 41.1 Å². The predicted molar refractivity (Wildman–Crippen MR) is 81.3 cm³/mol. The lowest BCUT2D eigenvalue weighted by Gasteiger charge is -2.20. The minimum atomic E-state index is 0.154. The number of ether oxygens (including phenoxy) is 1. The van der Waals surface area contributed by atoms with Crippen molar-refractivity contribution in [2.45, 2.75) is 32.7 Å². The molecular formula is C14H21BrClNO. The molecule has 1 unspecified atom stereocenters. The van der Waals surface area contributed by atoms with Gasteiger partial charge in [-0.2, -0.15) is 0 Å². The lowest BCUT2D eigenvalue weighted by Crippen LogP contribution is -2.26. The van der Waals surface area contributed by atoms with Gasteiger partial charge in [0.05, 0.1) is 17.7 Å². The molecule has 1 N–H and O–H groups in total. The van der Waals surface area contributed by atoms with Crippen LogP contribution in [-0.2, 0) is 4.74 Å². The highest BCUT2D eigenvalue weighted by Crippen LogP contribution is 2.30. The summed E-state index contributed by atoms with van der Waals surface area (Å²) >= 11 is 9.80. The molecule has 1 aromatic carbocycles. The molecule has 18 heavy (non-hydrogen) atoms. The number of hydrogen-bond acceptors (Lipinski definition) is 2. The first-order valence-corrected chi connectivity index (χ1v) is 7.62. The van der Waals surface area contributed by atoms with Crippen LogP contribution in [0.25, 0.3) is 0 Å². The molecule has 0 aliphatic heterocycles. The van der Waals surface area contributed by atoms with Crippen LogP contribution >= 0.6 is 27.5 Å². The Morgan fingerprint density at radius 2 is 2.11 bits per heavy atom. The highest BCUT2D eigenvalue weighted by Gasteiger charge is 2.15. The molecule has 0 heterocycles. The minimum Gasteiger partial charge on any atom is -0.379 e. The fourth-order valence-corrected chi connectivity index (χ4v) is 2.35. The van der Waals surface area contributed by atoms with Gasteiger partial charge in [-0.05, 0) is 46.9 Å². The lowest BCUT2D eigenvalue weighted by atomic mass is 10.1. The highest BCUT2D eigenvalue weighted by atomic mass is 79.9. The summed E-state index contributed by atoms with van der Waals surface area (Å²) < 4.78 is 6.59. The van der Waals surface area contributed by atoms with Gasteiger partial charge >= 0.3 is 0 Å². The van der Waals surface area contributed by atoms with Crippen molar-refractivity contribution in [3.8, 4) is 0 Å². The average molecular weight is 335 g/mol. The second-order valence-corrected chi connectivity index (χ2v) is 5.46. The number of nitrogens with one attached hydrogen (secondary N) is 1. The van der Waals surface area contributed by atoms with Gasteiger partial charge in [0.25, 0.3) is 0 Å². The zero-order valence-electron chi connectivity index (χ0n) is 11.0. The number of hydrogen-bond donors (Lipinski definition) is 1. The van der Waals surface area contributed by atoms with E-state index in [1.807, 2.05) is 12.1 Å². The molecule has 0 fully saturated rings. The van der Waals surface area contributed by atoms with E-state index in [4.69, 9.17) is 16.3 Å². The second-order valence-electron chi connectivity index (χ2n) is 4.22. The molecule has 1 rings (SSSR count). The molecular weight excluding hydrogens is 314 g/mol. The third-order valence-electron chi connectivity index (χ3n) is 2.63. The molecule has 4 heteroatoms. The van der Waals surface area contributed by atoms with Crippen LogP contribution in [0.2, 0.25) is 5.02 Å². The topological polar surface area (TPSA) is 21.3 Å². The maximum Gasteiger partial charge on any atom is 0.0662 e. The predicted octanol–water partition coefficient (Wildman–Crippen LogP) is 4.57. The minimum absolute atomic E-state index is 0.154. The van der Waals surface area contributed by atoms with Gasteiger partial charge in [-0.25, -0.2) is 0 Å². The molecule has 0 saturated carbocycles. The first-order valence-electron chi connectivity index (χ1n) is 6.45. The zero-order chi connectivity index (χ0) is 13.4. The molecule has 1 aromatic rings. The van der Waals surface area contributed by atoms with Crippen LogP contribution in [0.1, 0.15) is 38.3 Å². The van der Waals surface area contributed by atoms with Crippen molar-refractivity contribution in [2.75, 3.05) is 19.8 Å². The first kappa shape index (κ1) is 16.0. The van der Waals surface area contributed by atoms with E-state index in [2.05, 4.69) is 41.2 Å². The van der Waals surface area contributed by atoms with Crippen LogP contribution < -0.4 is 5.32 Å². The molecule has 0 bridgehead atoms. The fourth-order valence-electron chi connectivity index (χ4n) is 1.71. The van der Waals surface area contributed by atoms with Crippen LogP contribution in [-0.4, -0.2) is 19.8 Å². The van der Waals surface area contributed by atoms with E-state index >= 15 is 0 Å². The van der Waals surface area contributed by atoms with E-state index in [0.29, 0.717) is 6.61 Å². The second kappa shape index (κ2) is 8.92. The van der Waals surface area contributed by atoms with Crippen molar-refractivity contribution in [2.24, 2.45) is 0 Å². The summed E-state index contributed by atoms with van der Waals surface area (Å²) in [6, 6.07) is 6.17. The highest BCUT2D eigenvalue weighted by molar-refractivity contribution is 9.10. The number of rotatable bonds is 8. The maximum atomic E-state index is 6.34. The van der Waals surface area contributed by atoms with E-state index in [9.17, 15) is 0 Å². The zero-order valence-corrected chi connectivity index (χ0v) is 13.4. The third kappa shape index (κ3) is 4.88.